The molecule has 0 fully saturated rings. The van der Waals surface area contributed by atoms with Gasteiger partial charge in [0.15, 0.2) is 5.82 Å². The highest BCUT2D eigenvalue weighted by Crippen LogP contribution is 2.37. The summed E-state index contributed by atoms with van der Waals surface area (Å²) in [5.41, 5.74) is -3.41. The summed E-state index contributed by atoms with van der Waals surface area (Å²) in [5.74, 6) is -1.88. The number of nitrogens with zero attached hydrogens (tertiary/aromatic N) is 2. The van der Waals surface area contributed by atoms with Crippen molar-refractivity contribution in [2.45, 2.75) is 16.6 Å². The van der Waals surface area contributed by atoms with Crippen LogP contribution in [0.1, 0.15) is 11.3 Å². The number of hydrogen-bond donors (Lipinski definition) is 1. The number of alkyl halides is 6. The van der Waals surface area contributed by atoms with Crippen molar-refractivity contribution >= 4 is 21.4 Å². The molecule has 0 atom stereocenters. The maximum Gasteiger partial charge on any atom is 0.433 e. The summed E-state index contributed by atoms with van der Waals surface area (Å²) in [5, 5.41) is 5.11. The van der Waals surface area contributed by atoms with E-state index in [1.54, 1.807) is 6.07 Å². The van der Waals surface area contributed by atoms with Crippen molar-refractivity contribution in [3.8, 4) is 33.1 Å². The number of rotatable bonds is 4. The van der Waals surface area contributed by atoms with Gasteiger partial charge in [0.25, 0.3) is 0 Å². The van der Waals surface area contributed by atoms with Gasteiger partial charge in [-0.1, -0.05) is 18.2 Å². The van der Waals surface area contributed by atoms with Crippen molar-refractivity contribution in [2.75, 3.05) is 0 Å². The maximum absolute atomic E-state index is 14.5. The Labute approximate surface area is 203 Å². The van der Waals surface area contributed by atoms with Crippen molar-refractivity contribution in [1.29, 1.82) is 0 Å². The lowest BCUT2D eigenvalue weighted by Crippen LogP contribution is -2.11. The Morgan fingerprint density at radius 3 is 2.08 bits per heavy atom. The van der Waals surface area contributed by atoms with Gasteiger partial charge in [0, 0.05) is 16.0 Å². The predicted molar refractivity (Wildman–Crippen MR) is 118 cm³/mol. The molecule has 5 nitrogen and oxygen atoms in total. The molecule has 14 heteroatoms. The second-order valence-corrected chi connectivity index (χ2v) is 10.3. The van der Waals surface area contributed by atoms with Crippen LogP contribution in [0.15, 0.2) is 64.9 Å². The Balaban J connectivity index is 1.84. The van der Waals surface area contributed by atoms with Crippen LogP contribution in [-0.4, -0.2) is 18.4 Å². The highest BCUT2D eigenvalue weighted by atomic mass is 32.2. The van der Waals surface area contributed by atoms with Crippen LogP contribution in [0.25, 0.3) is 33.1 Å². The Hall–Kier alpha value is -3.36. The minimum Gasteiger partial charge on any atom is -0.228 e. The number of thiophene rings is 1. The summed E-state index contributed by atoms with van der Waals surface area (Å²) in [7, 11) is -3.96. The molecule has 0 bridgehead atoms. The van der Waals surface area contributed by atoms with Crippen LogP contribution in [0.5, 0.6) is 0 Å². The summed E-state index contributed by atoms with van der Waals surface area (Å²) in [6.45, 7) is 0. The zero-order chi connectivity index (χ0) is 26.5. The van der Waals surface area contributed by atoms with Gasteiger partial charge in [0.1, 0.15) is 15.7 Å². The topological polar surface area (TPSA) is 85.9 Å². The van der Waals surface area contributed by atoms with Crippen LogP contribution >= 0.6 is 11.3 Å². The van der Waals surface area contributed by atoms with Crippen molar-refractivity contribution < 1.29 is 39.2 Å². The van der Waals surface area contributed by atoms with E-state index in [9.17, 15) is 39.2 Å². The van der Waals surface area contributed by atoms with Crippen molar-refractivity contribution in [1.82, 2.24) is 9.97 Å². The largest absolute Gasteiger partial charge is 0.433 e. The minimum atomic E-state index is -4.97. The normalized spacial score (nSPS) is 12.7. The fourth-order valence-electron chi connectivity index (χ4n) is 3.20. The smallest absolute Gasteiger partial charge is 0.228 e. The molecule has 0 aliphatic rings. The van der Waals surface area contributed by atoms with Gasteiger partial charge in [-0.3, -0.25) is 0 Å². The number of aromatic nitrogens is 2. The number of halogens is 7. The van der Waals surface area contributed by atoms with Crippen LogP contribution in [0.3, 0.4) is 0 Å². The fraction of sp³-hybridized carbons (Fsp3) is 0.0909. The third-order valence-electron chi connectivity index (χ3n) is 4.86. The van der Waals surface area contributed by atoms with Crippen LogP contribution in [0.4, 0.5) is 30.7 Å². The zero-order valence-electron chi connectivity index (χ0n) is 17.5. The summed E-state index contributed by atoms with van der Waals surface area (Å²) >= 11 is 0.834. The molecule has 188 valence electrons. The molecule has 0 saturated heterocycles. The molecule has 0 saturated carbocycles. The Kier molecular flexibility index (Phi) is 6.39. The number of nitrogens with two attached hydrogens (primary N) is 1. The molecular formula is C22H12F7N3O2S2. The molecule has 2 aromatic heterocycles. The first kappa shape index (κ1) is 25.7. The van der Waals surface area contributed by atoms with E-state index in [1.807, 2.05) is 0 Å². The van der Waals surface area contributed by atoms with E-state index in [1.165, 1.54) is 30.3 Å². The SMILES string of the molecule is NS(=O)(=O)c1ccc(-c2cccc(-c3nc(-c4ccc(C(F)(F)F)cc4F)cc(C(F)(F)F)n3)c2)s1. The lowest BCUT2D eigenvalue weighted by molar-refractivity contribution is -0.141. The van der Waals surface area contributed by atoms with Crippen molar-refractivity contribution in [2.24, 2.45) is 5.14 Å². The molecule has 2 aromatic carbocycles. The van der Waals surface area contributed by atoms with Crippen molar-refractivity contribution in [3.05, 3.63) is 77.7 Å². The van der Waals surface area contributed by atoms with Gasteiger partial charge in [0.05, 0.1) is 11.3 Å². The molecule has 0 radical (unpaired) electrons. The van der Waals surface area contributed by atoms with E-state index < -0.39 is 56.5 Å². The number of sulfonamides is 1. The van der Waals surface area contributed by atoms with E-state index in [2.05, 4.69) is 9.97 Å². The van der Waals surface area contributed by atoms with Crippen LogP contribution in [-0.2, 0) is 22.4 Å². The van der Waals surface area contributed by atoms with Gasteiger partial charge in [-0.25, -0.2) is 27.9 Å². The quantitative estimate of drug-likeness (QED) is 0.301. The van der Waals surface area contributed by atoms with E-state index >= 15 is 0 Å². The van der Waals surface area contributed by atoms with Gasteiger partial charge in [0.2, 0.25) is 10.0 Å². The highest BCUT2D eigenvalue weighted by molar-refractivity contribution is 7.91. The average Bonchev–Trinajstić information content (AvgIpc) is 3.29. The average molecular weight is 547 g/mol. The van der Waals surface area contributed by atoms with Gasteiger partial charge in [-0.2, -0.15) is 26.3 Å². The minimum absolute atomic E-state index is 0.0673. The Morgan fingerprint density at radius 1 is 0.806 bits per heavy atom. The fourth-order valence-corrected chi connectivity index (χ4v) is 4.92. The molecule has 36 heavy (non-hydrogen) atoms. The maximum atomic E-state index is 14.5. The van der Waals surface area contributed by atoms with Gasteiger partial charge in [-0.05, 0) is 48.0 Å². The third-order valence-corrected chi connectivity index (χ3v) is 7.43. The number of primary sulfonamides is 1. The van der Waals surface area contributed by atoms with Crippen LogP contribution in [0.2, 0.25) is 0 Å². The number of hydrogen-bond acceptors (Lipinski definition) is 5. The molecule has 0 spiro atoms. The Bertz CT molecular complexity index is 1560. The first-order chi connectivity index (χ1) is 16.6. The zero-order valence-corrected chi connectivity index (χ0v) is 19.2. The molecule has 4 rings (SSSR count). The second-order valence-electron chi connectivity index (χ2n) is 7.40. The van der Waals surface area contributed by atoms with E-state index in [4.69, 9.17) is 5.14 Å². The molecule has 0 aliphatic heterocycles. The first-order valence-corrected chi connectivity index (χ1v) is 12.1. The first-order valence-electron chi connectivity index (χ1n) is 9.70. The predicted octanol–water partition coefficient (Wildman–Crippen LogP) is 6.36. The molecule has 0 amide bonds. The van der Waals surface area contributed by atoms with Gasteiger partial charge in [-0.15, -0.1) is 11.3 Å². The van der Waals surface area contributed by atoms with E-state index in [-0.39, 0.29) is 15.8 Å². The second kappa shape index (κ2) is 8.94. The summed E-state index contributed by atoms with van der Waals surface area (Å²) in [6, 6.07) is 10.4. The summed E-state index contributed by atoms with van der Waals surface area (Å²) < 4.78 is 117. The Morgan fingerprint density at radius 2 is 1.50 bits per heavy atom. The standard InChI is InChI=1S/C22H12F7N3O2S2/c23-15-9-13(21(24,25)26)4-5-14(15)16-10-18(22(27,28)29)32-20(31-16)12-3-1-2-11(8-12)17-6-7-19(35-17)36(30,33)34/h1-10H,(H2,30,33,34). The highest BCUT2D eigenvalue weighted by Gasteiger charge is 2.35. The molecule has 0 aliphatic carbocycles. The molecule has 4 aromatic rings. The lowest BCUT2D eigenvalue weighted by Gasteiger charge is -2.13. The van der Waals surface area contributed by atoms with Crippen LogP contribution in [0, 0.1) is 5.82 Å². The summed E-state index contributed by atoms with van der Waals surface area (Å²) in [6.07, 6.45) is -9.82. The summed E-state index contributed by atoms with van der Waals surface area (Å²) in [4.78, 5) is 7.92. The van der Waals surface area contributed by atoms with Crippen LogP contribution < -0.4 is 5.14 Å². The molecule has 2 heterocycles. The van der Waals surface area contributed by atoms with Gasteiger partial charge >= 0.3 is 12.4 Å². The van der Waals surface area contributed by atoms with E-state index in [0.29, 0.717) is 28.6 Å². The van der Waals surface area contributed by atoms with Crippen molar-refractivity contribution in [3.63, 3.8) is 0 Å². The molecule has 2 N–H and O–H groups in total. The molecule has 0 unspecified atom stereocenters. The molecular weight excluding hydrogens is 535 g/mol. The lowest BCUT2D eigenvalue weighted by atomic mass is 10.1. The third kappa shape index (κ3) is 5.39. The van der Waals surface area contributed by atoms with E-state index in [0.717, 1.165) is 11.3 Å². The monoisotopic (exact) mass is 547 g/mol. The van der Waals surface area contributed by atoms with Gasteiger partial charge < -0.3 is 0 Å². The number of benzene rings is 2.